The van der Waals surface area contributed by atoms with Crippen molar-refractivity contribution in [3.8, 4) is 0 Å². The first-order valence-electron chi connectivity index (χ1n) is 7.29. The average Bonchev–Trinajstić information content (AvgIpc) is 2.52. The number of rotatable bonds is 5. The number of aliphatic imine (C=N–C) groups is 1. The fourth-order valence-electron chi connectivity index (χ4n) is 2.07. The van der Waals surface area contributed by atoms with Crippen LogP contribution in [0.2, 0.25) is 5.02 Å². The van der Waals surface area contributed by atoms with Crippen molar-refractivity contribution < 1.29 is 0 Å². The van der Waals surface area contributed by atoms with Crippen LogP contribution >= 0.6 is 11.6 Å². The zero-order valence-corrected chi connectivity index (χ0v) is 13.7. The summed E-state index contributed by atoms with van der Waals surface area (Å²) < 4.78 is 0. The van der Waals surface area contributed by atoms with E-state index in [9.17, 15) is 0 Å². The molecule has 0 saturated heterocycles. The first-order chi connectivity index (χ1) is 10.7. The van der Waals surface area contributed by atoms with Crippen LogP contribution in [-0.4, -0.2) is 24.5 Å². The van der Waals surface area contributed by atoms with Crippen molar-refractivity contribution in [2.45, 2.75) is 19.9 Å². The Hall–Kier alpha value is -2.07. The second-order valence-electron chi connectivity index (χ2n) is 5.00. The lowest BCUT2D eigenvalue weighted by molar-refractivity contribution is 0.781. The molecule has 0 bridgehead atoms. The zero-order valence-electron chi connectivity index (χ0n) is 12.9. The summed E-state index contributed by atoms with van der Waals surface area (Å²) in [6.07, 6.45) is 0.917. The van der Waals surface area contributed by atoms with Crippen LogP contribution in [0.25, 0.3) is 0 Å². The normalized spacial score (nSPS) is 11.3. The predicted molar refractivity (Wildman–Crippen MR) is 92.3 cm³/mol. The molecule has 0 saturated carbocycles. The van der Waals surface area contributed by atoms with Crippen LogP contribution in [0.15, 0.2) is 47.5 Å². The van der Waals surface area contributed by atoms with Gasteiger partial charge in [-0.25, -0.2) is 0 Å². The highest BCUT2D eigenvalue weighted by molar-refractivity contribution is 6.30. The Balaban J connectivity index is 1.76. The molecule has 0 radical (unpaired) electrons. The molecule has 2 aromatic rings. The van der Waals surface area contributed by atoms with Crippen LogP contribution in [0.5, 0.6) is 0 Å². The van der Waals surface area contributed by atoms with Crippen molar-refractivity contribution in [1.82, 2.24) is 15.6 Å². The lowest BCUT2D eigenvalue weighted by Crippen LogP contribution is -2.38. The number of nitrogens with one attached hydrogen (secondary N) is 2. The Morgan fingerprint density at radius 1 is 1.14 bits per heavy atom. The third kappa shape index (κ3) is 5.37. The summed E-state index contributed by atoms with van der Waals surface area (Å²) in [6, 6.07) is 13.9. The fourth-order valence-corrected chi connectivity index (χ4v) is 2.20. The van der Waals surface area contributed by atoms with E-state index in [-0.39, 0.29) is 0 Å². The van der Waals surface area contributed by atoms with Crippen LogP contribution in [0.4, 0.5) is 0 Å². The van der Waals surface area contributed by atoms with Crippen molar-refractivity contribution in [2.24, 2.45) is 4.99 Å². The molecule has 0 aliphatic heterocycles. The third-order valence-electron chi connectivity index (χ3n) is 3.23. The molecule has 0 aliphatic rings. The van der Waals surface area contributed by atoms with Gasteiger partial charge in [-0.05, 0) is 43.2 Å². The minimum atomic E-state index is 0.655. The van der Waals surface area contributed by atoms with Crippen molar-refractivity contribution in [3.05, 3.63) is 64.4 Å². The number of nitrogens with zero attached hydrogens (tertiary/aromatic N) is 2. The van der Waals surface area contributed by atoms with E-state index in [1.165, 1.54) is 5.56 Å². The number of aromatic nitrogens is 1. The highest BCUT2D eigenvalue weighted by Gasteiger charge is 2.00. The SMILES string of the molecule is CN=C(NCCc1ccc(Cl)cc1)NCc1cccc(C)n1. The van der Waals surface area contributed by atoms with Gasteiger partial charge >= 0.3 is 0 Å². The minimum Gasteiger partial charge on any atom is -0.356 e. The lowest BCUT2D eigenvalue weighted by Gasteiger charge is -2.12. The quantitative estimate of drug-likeness (QED) is 0.658. The predicted octanol–water partition coefficient (Wildman–Crippen LogP) is 2.95. The maximum Gasteiger partial charge on any atom is 0.191 e. The Morgan fingerprint density at radius 3 is 2.59 bits per heavy atom. The molecule has 1 heterocycles. The van der Waals surface area contributed by atoms with Crippen LogP contribution in [-0.2, 0) is 13.0 Å². The molecule has 22 heavy (non-hydrogen) atoms. The van der Waals surface area contributed by atoms with E-state index in [1.807, 2.05) is 49.4 Å². The van der Waals surface area contributed by atoms with Gasteiger partial charge in [0, 0.05) is 24.3 Å². The maximum atomic E-state index is 5.88. The van der Waals surface area contributed by atoms with Gasteiger partial charge in [-0.15, -0.1) is 0 Å². The number of hydrogen-bond donors (Lipinski definition) is 2. The van der Waals surface area contributed by atoms with Gasteiger partial charge in [0.1, 0.15) is 0 Å². The maximum absolute atomic E-state index is 5.88. The van der Waals surface area contributed by atoms with Crippen molar-refractivity contribution in [3.63, 3.8) is 0 Å². The lowest BCUT2D eigenvalue weighted by atomic mass is 10.1. The van der Waals surface area contributed by atoms with Crippen LogP contribution in [0.3, 0.4) is 0 Å². The monoisotopic (exact) mass is 316 g/mol. The van der Waals surface area contributed by atoms with Crippen molar-refractivity contribution in [2.75, 3.05) is 13.6 Å². The zero-order chi connectivity index (χ0) is 15.8. The number of aryl methyl sites for hydroxylation is 1. The summed E-state index contributed by atoms with van der Waals surface area (Å²) in [5.41, 5.74) is 3.26. The van der Waals surface area contributed by atoms with Gasteiger partial charge in [-0.1, -0.05) is 29.8 Å². The molecule has 2 rings (SSSR count). The first-order valence-corrected chi connectivity index (χ1v) is 7.66. The summed E-state index contributed by atoms with van der Waals surface area (Å²) in [5, 5.41) is 7.32. The molecule has 4 nitrogen and oxygen atoms in total. The molecule has 116 valence electrons. The molecule has 2 N–H and O–H groups in total. The van der Waals surface area contributed by atoms with Gasteiger partial charge in [0.15, 0.2) is 5.96 Å². The van der Waals surface area contributed by atoms with E-state index < -0.39 is 0 Å². The Labute approximate surface area is 136 Å². The third-order valence-corrected chi connectivity index (χ3v) is 3.48. The van der Waals surface area contributed by atoms with Gasteiger partial charge in [-0.2, -0.15) is 0 Å². The summed E-state index contributed by atoms with van der Waals surface area (Å²) in [5.74, 6) is 0.775. The van der Waals surface area contributed by atoms with Gasteiger partial charge in [0.25, 0.3) is 0 Å². The molecule has 1 aromatic carbocycles. The van der Waals surface area contributed by atoms with Crippen LogP contribution in [0.1, 0.15) is 17.0 Å². The molecule has 5 heteroatoms. The van der Waals surface area contributed by atoms with E-state index in [4.69, 9.17) is 11.6 Å². The van der Waals surface area contributed by atoms with E-state index in [0.717, 1.165) is 35.3 Å². The molecule has 0 amide bonds. The standard InChI is InChI=1S/C17H21ClN4/c1-13-4-3-5-16(22-13)12-21-17(19-2)20-11-10-14-6-8-15(18)9-7-14/h3-9H,10-12H2,1-2H3,(H2,19,20,21). The van der Waals surface area contributed by atoms with E-state index in [1.54, 1.807) is 7.05 Å². The van der Waals surface area contributed by atoms with Gasteiger partial charge in [0.2, 0.25) is 0 Å². The Kier molecular flexibility index (Phi) is 6.22. The summed E-state index contributed by atoms with van der Waals surface area (Å²) >= 11 is 5.88. The Morgan fingerprint density at radius 2 is 1.91 bits per heavy atom. The van der Waals surface area contributed by atoms with Crippen molar-refractivity contribution >= 4 is 17.6 Å². The van der Waals surface area contributed by atoms with Gasteiger partial charge in [0.05, 0.1) is 12.2 Å². The van der Waals surface area contributed by atoms with Crippen molar-refractivity contribution in [1.29, 1.82) is 0 Å². The highest BCUT2D eigenvalue weighted by Crippen LogP contribution is 2.09. The molecule has 0 fully saturated rings. The fraction of sp³-hybridized carbons (Fsp3) is 0.294. The molecule has 0 aliphatic carbocycles. The number of guanidine groups is 1. The number of hydrogen-bond acceptors (Lipinski definition) is 2. The smallest absolute Gasteiger partial charge is 0.191 e. The number of benzene rings is 1. The number of pyridine rings is 1. The molecule has 0 spiro atoms. The Bertz CT molecular complexity index is 623. The summed E-state index contributed by atoms with van der Waals surface area (Å²) in [6.45, 7) is 3.45. The molecular formula is C17H21ClN4. The van der Waals surface area contributed by atoms with E-state index >= 15 is 0 Å². The van der Waals surface area contributed by atoms with Gasteiger partial charge in [-0.3, -0.25) is 9.98 Å². The number of halogens is 1. The van der Waals surface area contributed by atoms with Gasteiger partial charge < -0.3 is 10.6 Å². The van der Waals surface area contributed by atoms with Crippen LogP contribution in [0, 0.1) is 6.92 Å². The molecule has 0 atom stereocenters. The van der Waals surface area contributed by atoms with E-state index in [2.05, 4.69) is 20.6 Å². The second kappa shape index (κ2) is 8.39. The van der Waals surface area contributed by atoms with Crippen LogP contribution < -0.4 is 10.6 Å². The molecule has 1 aromatic heterocycles. The topological polar surface area (TPSA) is 49.3 Å². The average molecular weight is 317 g/mol. The van der Waals surface area contributed by atoms with E-state index in [0.29, 0.717) is 6.54 Å². The molecular weight excluding hydrogens is 296 g/mol. The largest absolute Gasteiger partial charge is 0.356 e. The molecule has 0 unspecified atom stereocenters. The minimum absolute atomic E-state index is 0.655. The summed E-state index contributed by atoms with van der Waals surface area (Å²) in [4.78, 5) is 8.67. The highest BCUT2D eigenvalue weighted by atomic mass is 35.5. The summed E-state index contributed by atoms with van der Waals surface area (Å²) in [7, 11) is 1.77. The first kappa shape index (κ1) is 16.3. The second-order valence-corrected chi connectivity index (χ2v) is 5.44.